The maximum absolute atomic E-state index is 5.84. The van der Waals surface area contributed by atoms with Crippen molar-refractivity contribution in [3.05, 3.63) is 41.2 Å². The van der Waals surface area contributed by atoms with E-state index in [1.165, 1.54) is 0 Å². The summed E-state index contributed by atoms with van der Waals surface area (Å²) in [6.07, 6.45) is 0. The number of rotatable bonds is 6. The SMILES string of the molecule is CCOc1cc(CN)ccc1OCc1cc(C)nn1C. The number of aromatic nitrogens is 2. The molecule has 0 atom stereocenters. The van der Waals surface area contributed by atoms with Crippen LogP contribution in [0.4, 0.5) is 0 Å². The summed E-state index contributed by atoms with van der Waals surface area (Å²) in [5, 5.41) is 4.30. The zero-order chi connectivity index (χ0) is 14.5. The van der Waals surface area contributed by atoms with Gasteiger partial charge < -0.3 is 15.2 Å². The van der Waals surface area contributed by atoms with Crippen molar-refractivity contribution >= 4 is 0 Å². The van der Waals surface area contributed by atoms with Crippen molar-refractivity contribution in [1.82, 2.24) is 9.78 Å². The first kappa shape index (κ1) is 14.4. The van der Waals surface area contributed by atoms with Gasteiger partial charge in [-0.25, -0.2) is 0 Å². The lowest BCUT2D eigenvalue weighted by Gasteiger charge is -2.13. The van der Waals surface area contributed by atoms with E-state index in [0.29, 0.717) is 19.8 Å². The molecule has 0 spiro atoms. The van der Waals surface area contributed by atoms with Crippen molar-refractivity contribution in [3.63, 3.8) is 0 Å². The second-order valence-electron chi connectivity index (χ2n) is 4.61. The van der Waals surface area contributed by atoms with Crippen LogP contribution in [-0.2, 0) is 20.2 Å². The van der Waals surface area contributed by atoms with Crippen LogP contribution in [0, 0.1) is 6.92 Å². The van der Waals surface area contributed by atoms with Crippen molar-refractivity contribution in [2.75, 3.05) is 6.61 Å². The van der Waals surface area contributed by atoms with E-state index in [1.807, 2.05) is 49.8 Å². The van der Waals surface area contributed by atoms with Crippen LogP contribution in [0.2, 0.25) is 0 Å². The third-order valence-electron chi connectivity index (χ3n) is 3.02. The van der Waals surface area contributed by atoms with Gasteiger partial charge in [0.1, 0.15) is 6.61 Å². The summed E-state index contributed by atoms with van der Waals surface area (Å²) in [6.45, 7) is 5.45. The molecule has 1 aromatic carbocycles. The van der Waals surface area contributed by atoms with E-state index >= 15 is 0 Å². The molecule has 108 valence electrons. The second-order valence-corrected chi connectivity index (χ2v) is 4.61. The molecule has 0 fully saturated rings. The summed E-state index contributed by atoms with van der Waals surface area (Å²) in [5.74, 6) is 1.46. The number of aryl methyl sites for hydroxylation is 2. The largest absolute Gasteiger partial charge is 0.490 e. The Hall–Kier alpha value is -2.01. The average molecular weight is 275 g/mol. The lowest BCUT2D eigenvalue weighted by molar-refractivity contribution is 0.262. The predicted molar refractivity (Wildman–Crippen MR) is 77.8 cm³/mol. The fourth-order valence-corrected chi connectivity index (χ4v) is 2.02. The molecule has 0 unspecified atom stereocenters. The summed E-state index contributed by atoms with van der Waals surface area (Å²) >= 11 is 0. The Morgan fingerprint density at radius 3 is 2.60 bits per heavy atom. The first-order chi connectivity index (χ1) is 9.63. The van der Waals surface area contributed by atoms with E-state index < -0.39 is 0 Å². The highest BCUT2D eigenvalue weighted by Gasteiger charge is 2.08. The van der Waals surface area contributed by atoms with Gasteiger partial charge in [0.2, 0.25) is 0 Å². The van der Waals surface area contributed by atoms with Gasteiger partial charge >= 0.3 is 0 Å². The van der Waals surface area contributed by atoms with Crippen LogP contribution in [0.25, 0.3) is 0 Å². The van der Waals surface area contributed by atoms with Crippen molar-refractivity contribution in [1.29, 1.82) is 0 Å². The molecule has 0 amide bonds. The van der Waals surface area contributed by atoms with Crippen LogP contribution in [-0.4, -0.2) is 16.4 Å². The predicted octanol–water partition coefficient (Wildman–Crippen LogP) is 2.16. The van der Waals surface area contributed by atoms with E-state index in [0.717, 1.165) is 28.5 Å². The maximum atomic E-state index is 5.84. The number of hydrogen-bond acceptors (Lipinski definition) is 4. The quantitative estimate of drug-likeness (QED) is 0.877. The normalized spacial score (nSPS) is 10.6. The van der Waals surface area contributed by atoms with Gasteiger partial charge in [-0.1, -0.05) is 6.07 Å². The molecule has 0 bridgehead atoms. The minimum absolute atomic E-state index is 0.458. The van der Waals surface area contributed by atoms with E-state index in [4.69, 9.17) is 15.2 Å². The minimum atomic E-state index is 0.458. The molecule has 1 aromatic heterocycles. The number of benzene rings is 1. The van der Waals surface area contributed by atoms with Gasteiger partial charge in [0.25, 0.3) is 0 Å². The molecule has 5 heteroatoms. The van der Waals surface area contributed by atoms with Gasteiger partial charge in [0, 0.05) is 13.6 Å². The Morgan fingerprint density at radius 1 is 1.20 bits per heavy atom. The Bertz CT molecular complexity index is 578. The summed E-state index contributed by atoms with van der Waals surface area (Å²) in [7, 11) is 1.91. The topological polar surface area (TPSA) is 62.3 Å². The molecule has 2 rings (SSSR count). The monoisotopic (exact) mass is 275 g/mol. The fraction of sp³-hybridized carbons (Fsp3) is 0.400. The van der Waals surface area contributed by atoms with Gasteiger partial charge in [0.15, 0.2) is 11.5 Å². The van der Waals surface area contributed by atoms with Gasteiger partial charge in [-0.15, -0.1) is 0 Å². The van der Waals surface area contributed by atoms with Gasteiger partial charge in [-0.05, 0) is 37.6 Å². The molecule has 0 aliphatic rings. The van der Waals surface area contributed by atoms with Crippen LogP contribution < -0.4 is 15.2 Å². The Morgan fingerprint density at radius 2 is 2.00 bits per heavy atom. The van der Waals surface area contributed by atoms with Crippen LogP contribution in [0.15, 0.2) is 24.3 Å². The molecular formula is C15H21N3O2. The number of hydrogen-bond donors (Lipinski definition) is 1. The van der Waals surface area contributed by atoms with Crippen molar-refractivity contribution in [3.8, 4) is 11.5 Å². The Balaban J connectivity index is 2.14. The van der Waals surface area contributed by atoms with E-state index in [-0.39, 0.29) is 0 Å². The lowest BCUT2D eigenvalue weighted by atomic mass is 10.2. The first-order valence-electron chi connectivity index (χ1n) is 6.72. The minimum Gasteiger partial charge on any atom is -0.490 e. The standard InChI is InChI=1S/C15H21N3O2/c1-4-19-15-8-12(9-16)5-6-14(15)20-10-13-7-11(2)17-18(13)3/h5-8H,4,9-10,16H2,1-3H3. The molecule has 0 saturated heterocycles. The molecule has 0 aliphatic heterocycles. The number of nitrogens with zero attached hydrogens (tertiary/aromatic N) is 2. The third kappa shape index (κ3) is 3.30. The summed E-state index contributed by atoms with van der Waals surface area (Å²) in [5.41, 5.74) is 8.67. The van der Waals surface area contributed by atoms with Gasteiger partial charge in [0.05, 0.1) is 18.0 Å². The molecule has 0 saturated carbocycles. The van der Waals surface area contributed by atoms with E-state index in [9.17, 15) is 0 Å². The molecule has 5 nitrogen and oxygen atoms in total. The summed E-state index contributed by atoms with van der Waals surface area (Å²) in [4.78, 5) is 0. The molecule has 20 heavy (non-hydrogen) atoms. The zero-order valence-electron chi connectivity index (χ0n) is 12.2. The summed E-state index contributed by atoms with van der Waals surface area (Å²) < 4.78 is 13.3. The van der Waals surface area contributed by atoms with Crippen LogP contribution in [0.1, 0.15) is 23.9 Å². The van der Waals surface area contributed by atoms with Crippen molar-refractivity contribution < 1.29 is 9.47 Å². The van der Waals surface area contributed by atoms with Crippen LogP contribution >= 0.6 is 0 Å². The molecule has 0 radical (unpaired) electrons. The fourth-order valence-electron chi connectivity index (χ4n) is 2.02. The highest BCUT2D eigenvalue weighted by molar-refractivity contribution is 5.43. The van der Waals surface area contributed by atoms with Gasteiger partial charge in [-0.2, -0.15) is 5.10 Å². The molecule has 0 aliphatic carbocycles. The smallest absolute Gasteiger partial charge is 0.161 e. The van der Waals surface area contributed by atoms with Crippen molar-refractivity contribution in [2.45, 2.75) is 27.0 Å². The van der Waals surface area contributed by atoms with Crippen molar-refractivity contribution in [2.24, 2.45) is 12.8 Å². The maximum Gasteiger partial charge on any atom is 0.161 e. The van der Waals surface area contributed by atoms with E-state index in [1.54, 1.807) is 0 Å². The van der Waals surface area contributed by atoms with Gasteiger partial charge in [-0.3, -0.25) is 4.68 Å². The molecular weight excluding hydrogens is 254 g/mol. The first-order valence-corrected chi connectivity index (χ1v) is 6.72. The highest BCUT2D eigenvalue weighted by Crippen LogP contribution is 2.29. The number of nitrogens with two attached hydrogens (primary N) is 1. The summed E-state index contributed by atoms with van der Waals surface area (Å²) in [6, 6.07) is 7.78. The average Bonchev–Trinajstić information content (AvgIpc) is 2.76. The lowest BCUT2D eigenvalue weighted by Crippen LogP contribution is -2.05. The number of ether oxygens (including phenoxy) is 2. The molecule has 2 N–H and O–H groups in total. The van der Waals surface area contributed by atoms with Crippen LogP contribution in [0.5, 0.6) is 11.5 Å². The third-order valence-corrected chi connectivity index (χ3v) is 3.02. The Kier molecular flexibility index (Phi) is 4.63. The molecule has 2 aromatic rings. The van der Waals surface area contributed by atoms with E-state index in [2.05, 4.69) is 5.10 Å². The second kappa shape index (κ2) is 6.43. The Labute approximate surface area is 119 Å². The highest BCUT2D eigenvalue weighted by atomic mass is 16.5. The molecule has 1 heterocycles. The van der Waals surface area contributed by atoms with Crippen LogP contribution in [0.3, 0.4) is 0 Å². The zero-order valence-corrected chi connectivity index (χ0v) is 12.2.